The van der Waals surface area contributed by atoms with Crippen molar-refractivity contribution in [2.45, 2.75) is 24.9 Å². The van der Waals surface area contributed by atoms with Gasteiger partial charge in [0.25, 0.3) is 0 Å². The van der Waals surface area contributed by atoms with E-state index in [0.717, 1.165) is 35.5 Å². The Balaban J connectivity index is 1.60. The lowest BCUT2D eigenvalue weighted by atomic mass is 10.1. The zero-order chi connectivity index (χ0) is 14.2. The molecule has 5 nitrogen and oxygen atoms in total. The number of hydrogen-bond donors (Lipinski definition) is 1. The monoisotopic (exact) mass is 347 g/mol. The first-order valence-corrected chi connectivity index (χ1v) is 8.25. The Morgan fingerprint density at radius 2 is 2.24 bits per heavy atom. The smallest absolute Gasteiger partial charge is 0.100 e. The van der Waals surface area contributed by atoms with Crippen molar-refractivity contribution in [1.82, 2.24) is 25.2 Å². The molecule has 2 atom stereocenters. The highest BCUT2D eigenvalue weighted by Crippen LogP contribution is 2.35. The Labute approximate surface area is 132 Å². The van der Waals surface area contributed by atoms with Crippen LogP contribution in [-0.2, 0) is 0 Å². The predicted octanol–water partition coefficient (Wildman–Crippen LogP) is 2.14. The molecule has 2 aliphatic heterocycles. The number of halogens is 1. The molecule has 2 fully saturated rings. The third-order valence-electron chi connectivity index (χ3n) is 4.49. The van der Waals surface area contributed by atoms with Gasteiger partial charge in [0, 0.05) is 30.1 Å². The van der Waals surface area contributed by atoms with E-state index in [4.69, 9.17) is 0 Å². The average molecular weight is 348 g/mol. The van der Waals surface area contributed by atoms with Crippen LogP contribution in [0.2, 0.25) is 0 Å². The minimum absolute atomic E-state index is 0.429. The van der Waals surface area contributed by atoms with Crippen LogP contribution < -0.4 is 5.32 Å². The zero-order valence-electron chi connectivity index (χ0n) is 11.7. The van der Waals surface area contributed by atoms with Crippen LogP contribution >= 0.6 is 15.9 Å². The molecule has 2 aromatic rings. The van der Waals surface area contributed by atoms with Gasteiger partial charge in [-0.05, 0) is 31.0 Å². The van der Waals surface area contributed by atoms with Crippen molar-refractivity contribution in [3.8, 4) is 5.69 Å². The molecule has 1 aromatic heterocycles. The summed E-state index contributed by atoms with van der Waals surface area (Å²) in [6, 6.07) is 9.23. The first-order valence-electron chi connectivity index (χ1n) is 7.46. The van der Waals surface area contributed by atoms with Gasteiger partial charge in [0.05, 0.1) is 17.9 Å². The maximum Gasteiger partial charge on any atom is 0.100 e. The number of benzene rings is 1. The molecule has 1 aromatic carbocycles. The second-order valence-corrected chi connectivity index (χ2v) is 6.67. The second-order valence-electron chi connectivity index (χ2n) is 5.76. The SMILES string of the molecule is Brc1cccc(-n2cc(C3CC[C@H]4CNCCN34)nn2)c1. The molecule has 1 N–H and O–H groups in total. The van der Waals surface area contributed by atoms with E-state index >= 15 is 0 Å². The summed E-state index contributed by atoms with van der Waals surface area (Å²) in [6.07, 6.45) is 4.52. The summed E-state index contributed by atoms with van der Waals surface area (Å²) in [7, 11) is 0. The minimum atomic E-state index is 0.429. The topological polar surface area (TPSA) is 46.0 Å². The predicted molar refractivity (Wildman–Crippen MR) is 84.4 cm³/mol. The van der Waals surface area contributed by atoms with Crippen molar-refractivity contribution in [1.29, 1.82) is 0 Å². The van der Waals surface area contributed by atoms with Gasteiger partial charge in [0.15, 0.2) is 0 Å². The highest BCUT2D eigenvalue weighted by atomic mass is 79.9. The molecule has 4 rings (SSSR count). The van der Waals surface area contributed by atoms with E-state index in [2.05, 4.69) is 48.7 Å². The fourth-order valence-electron chi connectivity index (χ4n) is 3.46. The van der Waals surface area contributed by atoms with Gasteiger partial charge in [-0.1, -0.05) is 27.2 Å². The van der Waals surface area contributed by atoms with E-state index in [-0.39, 0.29) is 0 Å². The van der Waals surface area contributed by atoms with E-state index in [9.17, 15) is 0 Å². The van der Waals surface area contributed by atoms with E-state index in [1.54, 1.807) is 0 Å². The molecule has 1 unspecified atom stereocenters. The highest BCUT2D eigenvalue weighted by molar-refractivity contribution is 9.10. The summed E-state index contributed by atoms with van der Waals surface area (Å²) >= 11 is 3.50. The lowest BCUT2D eigenvalue weighted by Gasteiger charge is -2.33. The van der Waals surface area contributed by atoms with Crippen molar-refractivity contribution in [2.24, 2.45) is 0 Å². The summed E-state index contributed by atoms with van der Waals surface area (Å²) in [5, 5.41) is 12.2. The van der Waals surface area contributed by atoms with Crippen molar-refractivity contribution in [3.05, 3.63) is 40.6 Å². The summed E-state index contributed by atoms with van der Waals surface area (Å²) in [5.74, 6) is 0. The van der Waals surface area contributed by atoms with Gasteiger partial charge in [0.2, 0.25) is 0 Å². The third kappa shape index (κ3) is 2.52. The molecule has 2 aliphatic rings. The Hall–Kier alpha value is -1.24. The maximum atomic E-state index is 4.43. The van der Waals surface area contributed by atoms with Gasteiger partial charge in [-0.15, -0.1) is 5.10 Å². The van der Waals surface area contributed by atoms with Crippen LogP contribution in [0.3, 0.4) is 0 Å². The Bertz CT molecular complexity index is 640. The highest BCUT2D eigenvalue weighted by Gasteiger charge is 2.37. The van der Waals surface area contributed by atoms with Crippen molar-refractivity contribution >= 4 is 15.9 Å². The van der Waals surface area contributed by atoms with E-state index in [1.165, 1.54) is 12.8 Å². The number of nitrogens with zero attached hydrogens (tertiary/aromatic N) is 4. The number of piperazine rings is 1. The van der Waals surface area contributed by atoms with Gasteiger partial charge >= 0.3 is 0 Å². The van der Waals surface area contributed by atoms with Crippen LogP contribution in [0.5, 0.6) is 0 Å². The first kappa shape index (κ1) is 13.4. The fraction of sp³-hybridized carbons (Fsp3) is 0.467. The molecule has 2 saturated heterocycles. The number of rotatable bonds is 2. The van der Waals surface area contributed by atoms with Crippen molar-refractivity contribution < 1.29 is 0 Å². The number of nitrogens with one attached hydrogen (secondary N) is 1. The van der Waals surface area contributed by atoms with Gasteiger partial charge in [0.1, 0.15) is 5.69 Å². The van der Waals surface area contributed by atoms with Crippen LogP contribution in [0, 0.1) is 0 Å². The maximum absolute atomic E-state index is 4.43. The van der Waals surface area contributed by atoms with Gasteiger partial charge in [-0.25, -0.2) is 4.68 Å². The van der Waals surface area contributed by atoms with E-state index in [1.807, 2.05) is 22.9 Å². The van der Waals surface area contributed by atoms with Crippen LogP contribution in [0.15, 0.2) is 34.9 Å². The van der Waals surface area contributed by atoms with Crippen LogP contribution in [0.4, 0.5) is 0 Å². The normalized spacial score (nSPS) is 26.0. The molecular weight excluding hydrogens is 330 g/mol. The zero-order valence-corrected chi connectivity index (χ0v) is 13.3. The Morgan fingerprint density at radius 1 is 1.29 bits per heavy atom. The molecule has 0 radical (unpaired) electrons. The standard InChI is InChI=1S/C15H18BrN5/c16-11-2-1-3-12(8-11)21-10-14(18-19-21)15-5-4-13-9-17-6-7-20(13)15/h1-3,8,10,13,15,17H,4-7,9H2/t13-,15?/m0/s1. The van der Waals surface area contributed by atoms with Crippen molar-refractivity contribution in [2.75, 3.05) is 19.6 Å². The van der Waals surface area contributed by atoms with Gasteiger partial charge in [-0.3, -0.25) is 4.90 Å². The molecule has 0 saturated carbocycles. The first-order chi connectivity index (χ1) is 10.3. The summed E-state index contributed by atoms with van der Waals surface area (Å²) in [6.45, 7) is 3.29. The molecule has 21 heavy (non-hydrogen) atoms. The average Bonchev–Trinajstić information content (AvgIpc) is 3.14. The molecule has 6 heteroatoms. The Morgan fingerprint density at radius 3 is 3.14 bits per heavy atom. The fourth-order valence-corrected chi connectivity index (χ4v) is 3.85. The lowest BCUT2D eigenvalue weighted by Crippen LogP contribution is -2.48. The lowest BCUT2D eigenvalue weighted by molar-refractivity contribution is 0.159. The van der Waals surface area contributed by atoms with Crippen LogP contribution in [0.1, 0.15) is 24.6 Å². The van der Waals surface area contributed by atoms with E-state index in [0.29, 0.717) is 12.1 Å². The van der Waals surface area contributed by atoms with Gasteiger partial charge < -0.3 is 5.32 Å². The van der Waals surface area contributed by atoms with Gasteiger partial charge in [-0.2, -0.15) is 0 Å². The molecule has 0 spiro atoms. The molecule has 0 aliphatic carbocycles. The molecule has 0 bridgehead atoms. The number of aromatic nitrogens is 3. The summed E-state index contributed by atoms with van der Waals surface area (Å²) in [5.41, 5.74) is 2.14. The Kier molecular flexibility index (Phi) is 3.52. The quantitative estimate of drug-likeness (QED) is 0.903. The third-order valence-corrected chi connectivity index (χ3v) is 4.99. The minimum Gasteiger partial charge on any atom is -0.314 e. The number of fused-ring (bicyclic) bond motifs is 1. The summed E-state index contributed by atoms with van der Waals surface area (Å²) in [4.78, 5) is 2.59. The molecule has 3 heterocycles. The molecule has 0 amide bonds. The van der Waals surface area contributed by atoms with Crippen LogP contribution in [-0.4, -0.2) is 45.6 Å². The van der Waals surface area contributed by atoms with Crippen LogP contribution in [0.25, 0.3) is 5.69 Å². The van der Waals surface area contributed by atoms with Crippen molar-refractivity contribution in [3.63, 3.8) is 0 Å². The number of hydrogen-bond acceptors (Lipinski definition) is 4. The second kappa shape index (κ2) is 5.51. The largest absolute Gasteiger partial charge is 0.314 e. The molecular formula is C15H18BrN5. The molecule has 110 valence electrons. The summed E-state index contributed by atoms with van der Waals surface area (Å²) < 4.78 is 2.93. The van der Waals surface area contributed by atoms with E-state index < -0.39 is 0 Å².